The van der Waals surface area contributed by atoms with Crippen molar-refractivity contribution in [3.63, 3.8) is 0 Å². The predicted octanol–water partition coefficient (Wildman–Crippen LogP) is 4.37. The van der Waals surface area contributed by atoms with Crippen LogP contribution in [-0.2, 0) is 4.79 Å². The van der Waals surface area contributed by atoms with Crippen molar-refractivity contribution >= 4 is 11.8 Å². The summed E-state index contributed by atoms with van der Waals surface area (Å²) in [5.74, 6) is -3.10. The van der Waals surface area contributed by atoms with Crippen LogP contribution in [0, 0.1) is 23.0 Å². The number of aliphatic hydroxyl groups is 1. The fourth-order valence-corrected chi connectivity index (χ4v) is 5.40. The van der Waals surface area contributed by atoms with Gasteiger partial charge in [-0.15, -0.1) is 0 Å². The molecule has 0 aliphatic carbocycles. The highest BCUT2D eigenvalue weighted by Gasteiger charge is 2.48. The fraction of sp³-hybridized carbons (Fsp3) is 0.517. The van der Waals surface area contributed by atoms with Crippen LogP contribution in [0.5, 0.6) is 5.75 Å². The molecule has 2 heterocycles. The minimum atomic E-state index is -4.29. The van der Waals surface area contributed by atoms with Gasteiger partial charge in [-0.05, 0) is 63.9 Å². The highest BCUT2D eigenvalue weighted by molar-refractivity contribution is 6.03. The van der Waals surface area contributed by atoms with E-state index in [9.17, 15) is 32.3 Å². The van der Waals surface area contributed by atoms with Crippen LogP contribution in [-0.4, -0.2) is 77.8 Å². The molecule has 0 radical (unpaired) electrons. The average Bonchev–Trinajstić information content (AvgIpc) is 3.29. The molecule has 3 N–H and O–H groups in total. The molecule has 2 aromatic carbocycles. The molecule has 0 aromatic heterocycles. The van der Waals surface area contributed by atoms with Gasteiger partial charge in [-0.1, -0.05) is 12.1 Å². The molecule has 2 amide bonds. The molecule has 2 aliphatic rings. The smallest absolute Gasteiger partial charge is 0.395 e. The van der Waals surface area contributed by atoms with Crippen LogP contribution in [0.25, 0.3) is 11.1 Å². The molecular formula is C29H34F5N3O4. The number of β-amino-alcohol motifs (C(OH)–C–C–N with tert-alkyl or cyclic N) is 1. The number of rotatable bonds is 8. The van der Waals surface area contributed by atoms with Crippen LogP contribution in [0.3, 0.4) is 0 Å². The minimum absolute atomic E-state index is 0.0298. The Labute approximate surface area is 235 Å². The van der Waals surface area contributed by atoms with E-state index in [1.54, 1.807) is 4.90 Å². The molecule has 0 unspecified atom stereocenters. The van der Waals surface area contributed by atoms with Gasteiger partial charge in [-0.25, -0.2) is 8.78 Å². The van der Waals surface area contributed by atoms with Crippen molar-refractivity contribution in [3.05, 3.63) is 53.6 Å². The molecule has 0 saturated carbocycles. The molecule has 2 aliphatic heterocycles. The van der Waals surface area contributed by atoms with Gasteiger partial charge in [0.25, 0.3) is 5.91 Å². The number of piperidine rings is 1. The van der Waals surface area contributed by atoms with E-state index in [2.05, 4.69) is 0 Å². The van der Waals surface area contributed by atoms with Gasteiger partial charge >= 0.3 is 6.18 Å². The number of hydrogen-bond donors (Lipinski definition) is 2. The SMILES string of the molecule is CC(C)(CN1CCC(COc2ccc(-c3cccc(F)c3C(=O)N3C[C@H](O)C[C@H]3C(N)=O)c(F)c2)CC1)C(F)(F)F. The van der Waals surface area contributed by atoms with Crippen LogP contribution in [0.4, 0.5) is 22.0 Å². The Balaban J connectivity index is 1.42. The maximum absolute atomic E-state index is 15.3. The Bertz CT molecular complexity index is 1280. The second-order valence-corrected chi connectivity index (χ2v) is 11.5. The molecule has 0 spiro atoms. The number of carbonyl (C=O) groups is 2. The maximum Gasteiger partial charge on any atom is 0.395 e. The van der Waals surface area contributed by atoms with Gasteiger partial charge in [-0.3, -0.25) is 9.59 Å². The van der Waals surface area contributed by atoms with Gasteiger partial charge in [0, 0.05) is 36.7 Å². The normalized spacial score (nSPS) is 20.8. The van der Waals surface area contributed by atoms with Gasteiger partial charge in [0.15, 0.2) is 0 Å². The molecule has 41 heavy (non-hydrogen) atoms. The zero-order valence-corrected chi connectivity index (χ0v) is 22.9. The van der Waals surface area contributed by atoms with E-state index in [1.807, 2.05) is 0 Å². The zero-order chi connectivity index (χ0) is 30.1. The lowest BCUT2D eigenvalue weighted by molar-refractivity contribution is -0.217. The third-order valence-electron chi connectivity index (χ3n) is 7.91. The highest BCUT2D eigenvalue weighted by Crippen LogP contribution is 2.39. The zero-order valence-electron chi connectivity index (χ0n) is 22.9. The first-order chi connectivity index (χ1) is 19.2. The fourth-order valence-electron chi connectivity index (χ4n) is 5.40. The highest BCUT2D eigenvalue weighted by atomic mass is 19.4. The summed E-state index contributed by atoms with van der Waals surface area (Å²) in [5, 5.41) is 9.96. The molecule has 7 nitrogen and oxygen atoms in total. The first-order valence-electron chi connectivity index (χ1n) is 13.5. The molecule has 2 fully saturated rings. The molecule has 2 aromatic rings. The van der Waals surface area contributed by atoms with Gasteiger partial charge in [0.1, 0.15) is 23.4 Å². The van der Waals surface area contributed by atoms with Gasteiger partial charge < -0.3 is 25.4 Å². The molecule has 12 heteroatoms. The number of ether oxygens (including phenoxy) is 1. The summed E-state index contributed by atoms with van der Waals surface area (Å²) in [7, 11) is 0. The molecule has 0 bridgehead atoms. The first kappa shape index (κ1) is 30.7. The number of nitrogens with zero attached hydrogens (tertiary/aromatic N) is 2. The lowest BCUT2D eigenvalue weighted by Gasteiger charge is -2.38. The maximum atomic E-state index is 15.3. The molecule has 4 rings (SSSR count). The van der Waals surface area contributed by atoms with Crippen molar-refractivity contribution in [2.75, 3.05) is 32.8 Å². The number of primary amides is 1. The monoisotopic (exact) mass is 583 g/mol. The third-order valence-corrected chi connectivity index (χ3v) is 7.91. The molecule has 224 valence electrons. The average molecular weight is 584 g/mol. The third kappa shape index (κ3) is 6.81. The molecule has 2 atom stereocenters. The number of amides is 2. The van der Waals surface area contributed by atoms with E-state index >= 15 is 4.39 Å². The number of benzene rings is 2. The van der Waals surface area contributed by atoms with Crippen molar-refractivity contribution in [1.29, 1.82) is 0 Å². The minimum Gasteiger partial charge on any atom is -0.493 e. The summed E-state index contributed by atoms with van der Waals surface area (Å²) >= 11 is 0. The van der Waals surface area contributed by atoms with E-state index in [-0.39, 0.29) is 48.9 Å². The second-order valence-electron chi connectivity index (χ2n) is 11.5. The standard InChI is InChI=1S/C29H34F5N3O4/c1-28(2,29(32,33)34)16-36-10-8-17(9-11-36)15-41-19-6-7-20(23(31)13-19)21-4-3-5-22(30)25(21)27(40)37-14-18(38)12-24(37)26(35)39/h3-7,13,17-18,24,38H,8-12,14-16H2,1-2H3,(H2,35,39)/t18-,24+/m1/s1. The van der Waals surface area contributed by atoms with E-state index in [4.69, 9.17) is 10.5 Å². The van der Waals surface area contributed by atoms with Gasteiger partial charge in [0.05, 0.1) is 23.7 Å². The predicted molar refractivity (Wildman–Crippen MR) is 141 cm³/mol. The van der Waals surface area contributed by atoms with E-state index < -0.39 is 52.7 Å². The summed E-state index contributed by atoms with van der Waals surface area (Å²) in [4.78, 5) is 27.9. The Morgan fingerprint density at radius 1 is 1.05 bits per heavy atom. The lowest BCUT2D eigenvalue weighted by Crippen LogP contribution is -2.46. The van der Waals surface area contributed by atoms with E-state index in [1.165, 1.54) is 38.1 Å². The van der Waals surface area contributed by atoms with Gasteiger partial charge in [0.2, 0.25) is 5.91 Å². The van der Waals surface area contributed by atoms with Crippen molar-refractivity contribution in [2.45, 2.75) is 51.4 Å². The van der Waals surface area contributed by atoms with E-state index in [0.29, 0.717) is 25.9 Å². The number of alkyl halides is 3. The number of nitrogens with two attached hydrogens (primary N) is 1. The van der Waals surface area contributed by atoms with E-state index in [0.717, 1.165) is 17.0 Å². The van der Waals surface area contributed by atoms with Crippen molar-refractivity contribution in [1.82, 2.24) is 9.80 Å². The van der Waals surface area contributed by atoms with Crippen LogP contribution in [0.15, 0.2) is 36.4 Å². The van der Waals surface area contributed by atoms with Gasteiger partial charge in [-0.2, -0.15) is 13.2 Å². The van der Waals surface area contributed by atoms with Crippen molar-refractivity contribution in [3.8, 4) is 16.9 Å². The largest absolute Gasteiger partial charge is 0.493 e. The van der Waals surface area contributed by atoms with Crippen LogP contribution in [0.1, 0.15) is 43.5 Å². The summed E-state index contributed by atoms with van der Waals surface area (Å²) in [6.45, 7) is 3.35. The number of aliphatic hydroxyl groups excluding tert-OH is 1. The van der Waals surface area contributed by atoms with Crippen LogP contribution >= 0.6 is 0 Å². The van der Waals surface area contributed by atoms with Crippen LogP contribution < -0.4 is 10.5 Å². The number of carbonyl (C=O) groups excluding carboxylic acids is 2. The summed E-state index contributed by atoms with van der Waals surface area (Å²) in [5.41, 5.74) is 3.03. The quantitative estimate of drug-likeness (QED) is 0.450. The molecular weight excluding hydrogens is 549 g/mol. The van der Waals surface area contributed by atoms with Crippen molar-refractivity contribution < 1.29 is 41.4 Å². The number of likely N-dealkylation sites (tertiary alicyclic amines) is 2. The summed E-state index contributed by atoms with van der Waals surface area (Å²) < 4.78 is 75.6. The first-order valence-corrected chi connectivity index (χ1v) is 13.5. The van der Waals surface area contributed by atoms with Crippen molar-refractivity contribution in [2.24, 2.45) is 17.1 Å². The Morgan fingerprint density at radius 2 is 1.73 bits per heavy atom. The second kappa shape index (κ2) is 11.9. The summed E-state index contributed by atoms with van der Waals surface area (Å²) in [6.07, 6.45) is -4.08. The Hall–Kier alpha value is -3.25. The summed E-state index contributed by atoms with van der Waals surface area (Å²) in [6, 6.07) is 6.63. The topological polar surface area (TPSA) is 96.1 Å². The number of hydrogen-bond acceptors (Lipinski definition) is 5. The Morgan fingerprint density at radius 3 is 2.34 bits per heavy atom. The van der Waals surface area contributed by atoms with Crippen LogP contribution in [0.2, 0.25) is 0 Å². The lowest BCUT2D eigenvalue weighted by atomic mass is 9.89. The molecule has 2 saturated heterocycles. The Kier molecular flexibility index (Phi) is 8.93. The number of halogens is 5.